The molecular formula is C10H11ClF3NO. The van der Waals surface area contributed by atoms with Gasteiger partial charge in [0.2, 0.25) is 0 Å². The lowest BCUT2D eigenvalue weighted by Gasteiger charge is -2.11. The Morgan fingerprint density at radius 3 is 2.50 bits per heavy atom. The van der Waals surface area contributed by atoms with Crippen LogP contribution in [0, 0.1) is 0 Å². The van der Waals surface area contributed by atoms with Crippen LogP contribution in [0.5, 0.6) is 5.75 Å². The van der Waals surface area contributed by atoms with Crippen LogP contribution in [0.15, 0.2) is 36.9 Å². The molecule has 1 aromatic carbocycles. The van der Waals surface area contributed by atoms with Crippen LogP contribution in [-0.4, -0.2) is 6.36 Å². The number of hydrogen-bond acceptors (Lipinski definition) is 2. The number of ether oxygens (including phenoxy) is 1. The van der Waals surface area contributed by atoms with Crippen LogP contribution in [0.25, 0.3) is 0 Å². The molecule has 0 unspecified atom stereocenters. The lowest BCUT2D eigenvalue weighted by molar-refractivity contribution is -0.274. The largest absolute Gasteiger partial charge is 0.573 e. The van der Waals surface area contributed by atoms with Crippen LogP contribution in [0.1, 0.15) is 11.6 Å². The molecule has 1 atom stereocenters. The van der Waals surface area contributed by atoms with Gasteiger partial charge in [0.25, 0.3) is 0 Å². The molecule has 2 nitrogen and oxygen atoms in total. The summed E-state index contributed by atoms with van der Waals surface area (Å²) in [5.74, 6) is -0.280. The summed E-state index contributed by atoms with van der Waals surface area (Å²) in [5.41, 5.74) is 6.09. The lowest BCUT2D eigenvalue weighted by Crippen LogP contribution is -2.17. The molecule has 1 aromatic rings. The fraction of sp³-hybridized carbons (Fsp3) is 0.200. The Morgan fingerprint density at radius 1 is 1.38 bits per heavy atom. The minimum Gasteiger partial charge on any atom is -0.406 e. The van der Waals surface area contributed by atoms with Crippen LogP contribution < -0.4 is 10.5 Å². The first-order valence-electron chi connectivity index (χ1n) is 4.16. The number of benzene rings is 1. The molecule has 0 aliphatic rings. The van der Waals surface area contributed by atoms with Crippen LogP contribution >= 0.6 is 12.4 Å². The van der Waals surface area contributed by atoms with E-state index < -0.39 is 12.4 Å². The van der Waals surface area contributed by atoms with Gasteiger partial charge in [-0.05, 0) is 17.7 Å². The number of hydrogen-bond donors (Lipinski definition) is 1. The van der Waals surface area contributed by atoms with Gasteiger partial charge in [-0.15, -0.1) is 32.2 Å². The van der Waals surface area contributed by atoms with E-state index in [0.29, 0.717) is 5.56 Å². The van der Waals surface area contributed by atoms with E-state index in [1.807, 2.05) is 0 Å². The van der Waals surface area contributed by atoms with E-state index in [4.69, 9.17) is 5.73 Å². The molecule has 0 heterocycles. The van der Waals surface area contributed by atoms with Crippen molar-refractivity contribution in [2.24, 2.45) is 5.73 Å². The second-order valence-electron chi connectivity index (χ2n) is 2.88. The predicted octanol–water partition coefficient (Wildman–Crippen LogP) is 3.19. The maximum Gasteiger partial charge on any atom is 0.573 e. The Hall–Kier alpha value is -1.20. The zero-order valence-corrected chi connectivity index (χ0v) is 9.02. The Bertz CT molecular complexity index is 354. The standard InChI is InChI=1S/C10H10F3NO.ClH/c1-2-9(14)7-4-3-5-8(6-7)15-10(11,12)13;/h2-6,9H,1,14H2;1H/t9-;/m0./s1. The first-order valence-corrected chi connectivity index (χ1v) is 4.16. The molecule has 0 radical (unpaired) electrons. The van der Waals surface area contributed by atoms with Gasteiger partial charge in [0.05, 0.1) is 0 Å². The quantitative estimate of drug-likeness (QED) is 0.840. The molecule has 0 saturated heterocycles. The highest BCUT2D eigenvalue weighted by Gasteiger charge is 2.31. The third kappa shape index (κ3) is 4.55. The van der Waals surface area contributed by atoms with Crippen molar-refractivity contribution < 1.29 is 17.9 Å². The summed E-state index contributed by atoms with van der Waals surface area (Å²) in [6.45, 7) is 3.45. The van der Waals surface area contributed by atoms with Gasteiger partial charge in [-0.3, -0.25) is 0 Å². The summed E-state index contributed by atoms with van der Waals surface area (Å²) in [6, 6.07) is 5.00. The van der Waals surface area contributed by atoms with Crippen molar-refractivity contribution in [1.82, 2.24) is 0 Å². The Balaban J connectivity index is 0.00000225. The molecule has 1 rings (SSSR count). The van der Waals surface area contributed by atoms with Crippen LogP contribution in [0.4, 0.5) is 13.2 Å². The average molecular weight is 254 g/mol. The van der Waals surface area contributed by atoms with E-state index in [9.17, 15) is 13.2 Å². The SMILES string of the molecule is C=C[C@H](N)c1cccc(OC(F)(F)F)c1.Cl. The van der Waals surface area contributed by atoms with Gasteiger partial charge in [0.15, 0.2) is 0 Å². The summed E-state index contributed by atoms with van der Waals surface area (Å²) >= 11 is 0. The first kappa shape index (κ1) is 14.8. The lowest BCUT2D eigenvalue weighted by atomic mass is 10.1. The second kappa shape index (κ2) is 5.77. The summed E-state index contributed by atoms with van der Waals surface area (Å²) in [4.78, 5) is 0. The van der Waals surface area contributed by atoms with Gasteiger partial charge >= 0.3 is 6.36 Å². The Labute approximate surface area is 97.3 Å². The third-order valence-corrected chi connectivity index (χ3v) is 1.73. The smallest absolute Gasteiger partial charge is 0.406 e. The molecule has 16 heavy (non-hydrogen) atoms. The Morgan fingerprint density at radius 2 is 2.00 bits per heavy atom. The summed E-state index contributed by atoms with van der Waals surface area (Å²) in [6.07, 6.45) is -3.25. The van der Waals surface area contributed by atoms with Gasteiger partial charge in [-0.2, -0.15) is 0 Å². The van der Waals surface area contributed by atoms with Gasteiger partial charge < -0.3 is 10.5 Å². The van der Waals surface area contributed by atoms with Crippen LogP contribution in [0.2, 0.25) is 0 Å². The second-order valence-corrected chi connectivity index (χ2v) is 2.88. The number of rotatable bonds is 3. The van der Waals surface area contributed by atoms with Crippen LogP contribution in [0.3, 0.4) is 0 Å². The van der Waals surface area contributed by atoms with Gasteiger partial charge in [-0.1, -0.05) is 18.2 Å². The predicted molar refractivity (Wildman–Crippen MR) is 57.5 cm³/mol. The highest BCUT2D eigenvalue weighted by Crippen LogP contribution is 2.25. The van der Waals surface area contributed by atoms with Crippen molar-refractivity contribution in [2.75, 3.05) is 0 Å². The number of nitrogens with two attached hydrogens (primary N) is 1. The van der Waals surface area contributed by atoms with E-state index in [0.717, 1.165) is 0 Å². The number of alkyl halides is 3. The van der Waals surface area contributed by atoms with E-state index in [1.165, 1.54) is 24.3 Å². The average Bonchev–Trinajstić information content (AvgIpc) is 2.14. The van der Waals surface area contributed by atoms with Crippen molar-refractivity contribution in [3.8, 4) is 5.75 Å². The molecule has 2 N–H and O–H groups in total. The van der Waals surface area contributed by atoms with Gasteiger partial charge in [0.1, 0.15) is 5.75 Å². The molecule has 90 valence electrons. The van der Waals surface area contributed by atoms with Crippen molar-refractivity contribution in [3.05, 3.63) is 42.5 Å². The minimum atomic E-state index is -4.68. The molecule has 0 spiro atoms. The zero-order chi connectivity index (χ0) is 11.5. The zero-order valence-electron chi connectivity index (χ0n) is 8.20. The maximum atomic E-state index is 11.9. The molecule has 0 saturated carbocycles. The van der Waals surface area contributed by atoms with Gasteiger partial charge in [0, 0.05) is 6.04 Å². The monoisotopic (exact) mass is 253 g/mol. The molecule has 0 aliphatic carbocycles. The van der Waals surface area contributed by atoms with E-state index in [2.05, 4.69) is 11.3 Å². The highest BCUT2D eigenvalue weighted by molar-refractivity contribution is 5.85. The normalized spacial score (nSPS) is 12.5. The molecular weight excluding hydrogens is 243 g/mol. The Kier molecular flexibility index (Phi) is 5.33. The summed E-state index contributed by atoms with van der Waals surface area (Å²) in [7, 11) is 0. The van der Waals surface area contributed by atoms with Crippen molar-refractivity contribution in [2.45, 2.75) is 12.4 Å². The van der Waals surface area contributed by atoms with Crippen molar-refractivity contribution in [3.63, 3.8) is 0 Å². The summed E-state index contributed by atoms with van der Waals surface area (Å²) in [5, 5.41) is 0. The molecule has 0 aliphatic heterocycles. The number of halogens is 4. The fourth-order valence-corrected chi connectivity index (χ4v) is 1.06. The molecule has 0 aromatic heterocycles. The molecule has 6 heteroatoms. The summed E-state index contributed by atoms with van der Waals surface area (Å²) < 4.78 is 39.4. The van der Waals surface area contributed by atoms with Crippen molar-refractivity contribution in [1.29, 1.82) is 0 Å². The van der Waals surface area contributed by atoms with Crippen molar-refractivity contribution >= 4 is 12.4 Å². The van der Waals surface area contributed by atoms with E-state index in [1.54, 1.807) is 6.07 Å². The molecule has 0 fully saturated rings. The maximum absolute atomic E-state index is 11.9. The van der Waals surface area contributed by atoms with E-state index >= 15 is 0 Å². The first-order chi connectivity index (χ1) is 6.92. The fourth-order valence-electron chi connectivity index (χ4n) is 1.06. The molecule has 0 bridgehead atoms. The highest BCUT2D eigenvalue weighted by atomic mass is 35.5. The molecule has 0 amide bonds. The topological polar surface area (TPSA) is 35.2 Å². The van der Waals surface area contributed by atoms with Crippen LogP contribution in [-0.2, 0) is 0 Å². The third-order valence-electron chi connectivity index (χ3n) is 1.73. The minimum absolute atomic E-state index is 0. The van der Waals surface area contributed by atoms with E-state index in [-0.39, 0.29) is 18.2 Å². The van der Waals surface area contributed by atoms with Gasteiger partial charge in [-0.25, -0.2) is 0 Å².